The van der Waals surface area contributed by atoms with Crippen molar-refractivity contribution in [2.75, 3.05) is 11.5 Å². The number of fused-ring (bicyclic) bond motifs is 1. The first-order chi connectivity index (χ1) is 17.6. The first kappa shape index (κ1) is 24.0. The molecule has 4 heterocycles. The molecule has 0 atom stereocenters. The van der Waals surface area contributed by atoms with Gasteiger partial charge in [-0.25, -0.2) is 9.78 Å². The molecule has 0 saturated heterocycles. The summed E-state index contributed by atoms with van der Waals surface area (Å²) < 4.78 is 47.0. The van der Waals surface area contributed by atoms with Gasteiger partial charge in [0.15, 0.2) is 0 Å². The largest absolute Gasteiger partial charge is 0.573 e. The van der Waals surface area contributed by atoms with Crippen LogP contribution in [0.25, 0.3) is 27.0 Å². The Morgan fingerprint density at radius 3 is 2.57 bits per heavy atom. The smallest absolute Gasteiger partial charge is 0.406 e. The second kappa shape index (κ2) is 8.76. The number of thiophene rings is 2. The number of H-pyrrole nitrogens is 1. The first-order valence-electron chi connectivity index (χ1n) is 10.1. The topological polar surface area (TPSA) is 165 Å². The normalized spacial score (nSPS) is 11.5. The highest BCUT2D eigenvalue weighted by Gasteiger charge is 2.36. The van der Waals surface area contributed by atoms with Crippen molar-refractivity contribution in [1.82, 2.24) is 10.3 Å². The molecule has 37 heavy (non-hydrogen) atoms. The number of hydrogen-bond acceptors (Lipinski definition) is 10. The van der Waals surface area contributed by atoms with Crippen molar-refractivity contribution in [3.8, 4) is 28.6 Å². The van der Waals surface area contributed by atoms with E-state index in [2.05, 4.69) is 15.0 Å². The summed E-state index contributed by atoms with van der Waals surface area (Å²) in [6, 6.07) is 8.17. The molecule has 15 heteroatoms. The maximum atomic E-state index is 13.5. The third kappa shape index (κ3) is 4.17. The van der Waals surface area contributed by atoms with Gasteiger partial charge in [-0.1, -0.05) is 0 Å². The molecule has 0 aliphatic rings. The highest BCUT2D eigenvalue weighted by Crippen LogP contribution is 2.43. The Labute approximate surface area is 211 Å². The maximum Gasteiger partial charge on any atom is 0.573 e. The van der Waals surface area contributed by atoms with E-state index >= 15 is 0 Å². The van der Waals surface area contributed by atoms with E-state index in [0.29, 0.717) is 16.5 Å². The fourth-order valence-corrected chi connectivity index (χ4v) is 5.40. The number of nitriles is 1. The second-order valence-electron chi connectivity index (χ2n) is 7.43. The van der Waals surface area contributed by atoms with Crippen molar-refractivity contribution < 1.29 is 31.9 Å². The summed E-state index contributed by atoms with van der Waals surface area (Å²) in [7, 11) is 0. The number of anilines is 2. The number of nitrogen functional groups attached to an aromatic ring is 2. The standard InChI is InChI=1S/C22H11F3N6O4S2/c23-22(24,25)34-11-3-1-10(2-4-11)31-16(21(33)35-30-31)17(32)18-15(27)14-13(9-5-6-36-8-9)12(7-26)19(28)29-20(14)37-18/h1-6,8H,(H4-,27,28,29,30,32,33)/p+1. The van der Waals surface area contributed by atoms with Crippen molar-refractivity contribution in [2.24, 2.45) is 0 Å². The summed E-state index contributed by atoms with van der Waals surface area (Å²) >= 11 is 2.25. The van der Waals surface area contributed by atoms with Gasteiger partial charge >= 0.3 is 17.7 Å². The number of pyridine rings is 1. The summed E-state index contributed by atoms with van der Waals surface area (Å²) in [6.07, 6.45) is -4.89. The Kier molecular flexibility index (Phi) is 5.69. The Bertz CT molecular complexity index is 1760. The van der Waals surface area contributed by atoms with Crippen LogP contribution >= 0.6 is 22.7 Å². The zero-order valence-electron chi connectivity index (χ0n) is 18.1. The number of nitrogens with one attached hydrogen (secondary N) is 1. The zero-order chi connectivity index (χ0) is 26.5. The molecule has 5 N–H and O–H groups in total. The van der Waals surface area contributed by atoms with Crippen LogP contribution < -0.4 is 26.5 Å². The quantitative estimate of drug-likeness (QED) is 0.222. The van der Waals surface area contributed by atoms with E-state index in [4.69, 9.17) is 16.0 Å². The van der Waals surface area contributed by atoms with Gasteiger partial charge in [0.1, 0.15) is 32.9 Å². The Balaban J connectivity index is 1.64. The minimum absolute atomic E-state index is 0.0173. The van der Waals surface area contributed by atoms with Gasteiger partial charge in [0.2, 0.25) is 5.69 Å². The summed E-state index contributed by atoms with van der Waals surface area (Å²) in [6.45, 7) is 0. The van der Waals surface area contributed by atoms with Crippen LogP contribution in [0, 0.1) is 11.3 Å². The van der Waals surface area contributed by atoms with Crippen LogP contribution in [-0.4, -0.2) is 22.4 Å². The van der Waals surface area contributed by atoms with Gasteiger partial charge in [-0.3, -0.25) is 9.32 Å². The van der Waals surface area contributed by atoms with Crippen LogP contribution in [0.15, 0.2) is 50.4 Å². The summed E-state index contributed by atoms with van der Waals surface area (Å²) in [5.74, 6) is -1.38. The molecule has 0 saturated carbocycles. The summed E-state index contributed by atoms with van der Waals surface area (Å²) in [5, 5.41) is 15.9. The average molecular weight is 546 g/mol. The molecule has 4 aromatic heterocycles. The number of rotatable bonds is 5. The molecular weight excluding hydrogens is 533 g/mol. The predicted octanol–water partition coefficient (Wildman–Crippen LogP) is 3.75. The summed E-state index contributed by atoms with van der Waals surface area (Å²) in [5.41, 5.74) is 12.1. The number of alkyl halides is 3. The second-order valence-corrected chi connectivity index (χ2v) is 9.21. The number of carbonyl (C=O) groups is 1. The van der Waals surface area contributed by atoms with Crippen LogP contribution in [0.4, 0.5) is 24.7 Å². The van der Waals surface area contributed by atoms with E-state index < -0.39 is 29.2 Å². The van der Waals surface area contributed by atoms with E-state index in [9.17, 15) is 28.0 Å². The Hall–Kier alpha value is -4.68. The lowest BCUT2D eigenvalue weighted by molar-refractivity contribution is -0.672. The first-order valence-corrected chi connectivity index (χ1v) is 11.8. The van der Waals surface area contributed by atoms with Crippen LogP contribution in [0.3, 0.4) is 0 Å². The summed E-state index contributed by atoms with van der Waals surface area (Å²) in [4.78, 5) is 30.5. The molecule has 0 amide bonds. The maximum absolute atomic E-state index is 13.5. The number of ketones is 1. The monoisotopic (exact) mass is 545 g/mol. The molecule has 0 fully saturated rings. The van der Waals surface area contributed by atoms with Gasteiger partial charge in [-0.15, -0.1) is 24.5 Å². The number of hydrogen-bond donors (Lipinski definition) is 3. The molecule has 5 aromatic rings. The molecule has 0 bridgehead atoms. The molecule has 0 radical (unpaired) electrons. The zero-order valence-corrected chi connectivity index (χ0v) is 19.8. The molecule has 10 nitrogen and oxygen atoms in total. The molecule has 5 rings (SSSR count). The molecule has 0 unspecified atom stereocenters. The fourth-order valence-electron chi connectivity index (χ4n) is 3.70. The third-order valence-corrected chi connectivity index (χ3v) is 7.00. The third-order valence-electron chi connectivity index (χ3n) is 5.22. The van der Waals surface area contributed by atoms with Gasteiger partial charge in [0.25, 0.3) is 5.78 Å². The molecule has 0 spiro atoms. The predicted molar refractivity (Wildman–Crippen MR) is 127 cm³/mol. The highest BCUT2D eigenvalue weighted by atomic mass is 32.1. The van der Waals surface area contributed by atoms with E-state index in [0.717, 1.165) is 28.2 Å². The van der Waals surface area contributed by atoms with Gasteiger partial charge in [-0.2, -0.15) is 16.6 Å². The number of halogens is 3. The van der Waals surface area contributed by atoms with E-state index in [1.54, 1.807) is 16.8 Å². The molecule has 1 aromatic carbocycles. The number of benzene rings is 1. The van der Waals surface area contributed by atoms with E-state index in [1.807, 2.05) is 6.07 Å². The molecule has 0 aliphatic heterocycles. The van der Waals surface area contributed by atoms with Crippen molar-refractivity contribution in [3.05, 3.63) is 67.6 Å². The minimum atomic E-state index is -4.89. The number of aromatic nitrogens is 3. The lowest BCUT2D eigenvalue weighted by Gasteiger charge is -2.07. The highest BCUT2D eigenvalue weighted by molar-refractivity contribution is 7.21. The molecule has 186 valence electrons. The van der Waals surface area contributed by atoms with Gasteiger partial charge in [0.05, 0.1) is 5.69 Å². The lowest BCUT2D eigenvalue weighted by Crippen LogP contribution is -2.41. The fraction of sp³-hybridized carbons (Fsp3) is 0.0455. The van der Waals surface area contributed by atoms with Crippen LogP contribution in [0.2, 0.25) is 0 Å². The van der Waals surface area contributed by atoms with Crippen LogP contribution in [0.1, 0.15) is 20.9 Å². The number of carbonyl (C=O) groups excluding carboxylic acids is 1. The molecule has 0 aliphatic carbocycles. The lowest BCUT2D eigenvalue weighted by atomic mass is 9.99. The number of nitrogens with two attached hydrogens (primary N) is 2. The van der Waals surface area contributed by atoms with Crippen LogP contribution in [0.5, 0.6) is 5.75 Å². The van der Waals surface area contributed by atoms with Crippen molar-refractivity contribution in [3.63, 3.8) is 0 Å². The molecular formula is C22H12F3N6O4S2+. The van der Waals surface area contributed by atoms with Crippen molar-refractivity contribution >= 4 is 50.2 Å². The SMILES string of the molecule is N#Cc1c(N)nc2sc(C(=O)c3c(=O)o[nH][n+]3-c3ccc(OC(F)(F)F)cc3)c(N)c2c1-c1ccsc1. The Morgan fingerprint density at radius 2 is 1.95 bits per heavy atom. The van der Waals surface area contributed by atoms with Gasteiger partial charge in [0, 0.05) is 23.1 Å². The number of nitrogens with zero attached hydrogens (tertiary/aromatic N) is 3. The van der Waals surface area contributed by atoms with Crippen molar-refractivity contribution in [1.29, 1.82) is 5.26 Å². The van der Waals surface area contributed by atoms with E-state index in [1.165, 1.54) is 23.5 Å². The van der Waals surface area contributed by atoms with E-state index in [-0.39, 0.29) is 32.5 Å². The number of ether oxygens (including phenoxy) is 1. The van der Waals surface area contributed by atoms with Crippen molar-refractivity contribution in [2.45, 2.75) is 6.36 Å². The minimum Gasteiger partial charge on any atom is -0.406 e. The van der Waals surface area contributed by atoms with Gasteiger partial charge < -0.3 is 16.2 Å². The average Bonchev–Trinajstić information content (AvgIpc) is 3.57. The van der Waals surface area contributed by atoms with Crippen LogP contribution in [-0.2, 0) is 0 Å². The van der Waals surface area contributed by atoms with Gasteiger partial charge in [-0.05, 0) is 44.5 Å². The number of aromatic amines is 1. The Morgan fingerprint density at radius 1 is 1.22 bits per heavy atom.